The summed E-state index contributed by atoms with van der Waals surface area (Å²) in [7, 11) is 0. The Labute approximate surface area is 132 Å². The molecule has 2 N–H and O–H groups in total. The second kappa shape index (κ2) is 6.36. The molecule has 0 saturated carbocycles. The largest absolute Gasteiger partial charge is 0.409 e. The first kappa shape index (κ1) is 14.8. The van der Waals surface area contributed by atoms with E-state index >= 15 is 0 Å². The van der Waals surface area contributed by atoms with Crippen molar-refractivity contribution in [1.82, 2.24) is 30.5 Å². The highest BCUT2D eigenvalue weighted by Gasteiger charge is 2.19. The lowest BCUT2D eigenvalue weighted by Gasteiger charge is -2.07. The molecule has 0 bridgehead atoms. The van der Waals surface area contributed by atoms with Crippen molar-refractivity contribution in [3.8, 4) is 0 Å². The standard InChI is InChI=1S/C11H8ClFN8O2/c12-7-3-6(1-2-8(7)13)16-11(17-22)10-9(18-23-19-10)4-21-15-5-14-20-21/h1-3,5,22H,4H2,(H,16,17). The highest BCUT2D eigenvalue weighted by Crippen LogP contribution is 2.20. The fourth-order valence-electron chi connectivity index (χ4n) is 1.73. The van der Waals surface area contributed by atoms with E-state index in [1.807, 2.05) is 0 Å². The van der Waals surface area contributed by atoms with Crippen LogP contribution in [0.2, 0.25) is 5.02 Å². The number of amidine groups is 1. The molecule has 0 aliphatic carbocycles. The Morgan fingerprint density at radius 2 is 2.30 bits per heavy atom. The van der Waals surface area contributed by atoms with Crippen molar-refractivity contribution in [1.29, 1.82) is 0 Å². The summed E-state index contributed by atoms with van der Waals surface area (Å²) in [5.41, 5.74) is 0.818. The Bertz CT molecular complexity index is 834. The molecular weight excluding hydrogens is 331 g/mol. The van der Waals surface area contributed by atoms with E-state index in [2.05, 4.69) is 40.8 Å². The van der Waals surface area contributed by atoms with Gasteiger partial charge in [-0.3, -0.25) is 0 Å². The molecular formula is C11H8ClFN8O2. The number of rotatable bonds is 4. The van der Waals surface area contributed by atoms with Crippen LogP contribution in [0.4, 0.5) is 10.1 Å². The summed E-state index contributed by atoms with van der Waals surface area (Å²) in [6, 6.07) is 3.91. The topological polar surface area (TPSA) is 127 Å². The van der Waals surface area contributed by atoms with Gasteiger partial charge < -0.3 is 10.5 Å². The first-order valence-electron chi connectivity index (χ1n) is 6.14. The summed E-state index contributed by atoms with van der Waals surface area (Å²) in [5.74, 6) is -0.634. The molecule has 0 spiro atoms. The molecule has 0 saturated heterocycles. The van der Waals surface area contributed by atoms with Crippen LogP contribution in [0, 0.1) is 5.82 Å². The number of halogens is 2. The number of oxime groups is 1. The summed E-state index contributed by atoms with van der Waals surface area (Å²) in [4.78, 5) is 1.24. The second-order valence-electron chi connectivity index (χ2n) is 4.23. The minimum atomic E-state index is -0.569. The van der Waals surface area contributed by atoms with Gasteiger partial charge in [0.2, 0.25) is 5.84 Å². The molecule has 3 rings (SSSR count). The molecule has 0 radical (unpaired) electrons. The van der Waals surface area contributed by atoms with E-state index in [4.69, 9.17) is 11.6 Å². The zero-order valence-corrected chi connectivity index (χ0v) is 12.0. The zero-order chi connectivity index (χ0) is 16.2. The smallest absolute Gasteiger partial charge is 0.201 e. The van der Waals surface area contributed by atoms with Crippen LogP contribution >= 0.6 is 11.6 Å². The van der Waals surface area contributed by atoms with E-state index in [-0.39, 0.29) is 23.1 Å². The van der Waals surface area contributed by atoms with Gasteiger partial charge in [0.25, 0.3) is 0 Å². The predicted octanol–water partition coefficient (Wildman–Crippen LogP) is 1.14. The minimum absolute atomic E-state index is 0.0657. The molecule has 2 aromatic heterocycles. The molecule has 2 heterocycles. The molecule has 12 heteroatoms. The van der Waals surface area contributed by atoms with Crippen LogP contribution in [0.1, 0.15) is 11.4 Å². The van der Waals surface area contributed by atoms with Crippen molar-refractivity contribution in [2.45, 2.75) is 6.54 Å². The fraction of sp³-hybridized carbons (Fsp3) is 0.0909. The predicted molar refractivity (Wildman–Crippen MR) is 74.6 cm³/mol. The van der Waals surface area contributed by atoms with Crippen LogP contribution in [-0.4, -0.2) is 41.6 Å². The third-order valence-corrected chi connectivity index (χ3v) is 3.04. The van der Waals surface area contributed by atoms with Gasteiger partial charge in [0.1, 0.15) is 18.1 Å². The van der Waals surface area contributed by atoms with Crippen molar-refractivity contribution in [2.24, 2.45) is 5.16 Å². The minimum Gasteiger partial charge on any atom is -0.409 e. The Morgan fingerprint density at radius 3 is 3.00 bits per heavy atom. The molecule has 118 valence electrons. The lowest BCUT2D eigenvalue weighted by molar-refractivity contribution is 0.299. The first-order chi connectivity index (χ1) is 11.2. The van der Waals surface area contributed by atoms with E-state index in [9.17, 15) is 9.60 Å². The number of anilines is 1. The van der Waals surface area contributed by atoms with E-state index in [0.717, 1.165) is 0 Å². The van der Waals surface area contributed by atoms with Gasteiger partial charge in [0.05, 0.1) is 5.02 Å². The van der Waals surface area contributed by atoms with E-state index in [0.29, 0.717) is 11.4 Å². The van der Waals surface area contributed by atoms with Gasteiger partial charge in [-0.1, -0.05) is 21.9 Å². The van der Waals surface area contributed by atoms with Gasteiger partial charge in [-0.2, -0.15) is 4.80 Å². The number of hydrogen-bond acceptors (Lipinski definition) is 8. The van der Waals surface area contributed by atoms with Crippen LogP contribution < -0.4 is 5.32 Å². The average Bonchev–Trinajstić information content (AvgIpc) is 3.21. The quantitative estimate of drug-likeness (QED) is 0.314. The number of tetrazole rings is 1. The van der Waals surface area contributed by atoms with Crippen LogP contribution in [0.5, 0.6) is 0 Å². The molecule has 0 fully saturated rings. The van der Waals surface area contributed by atoms with Crippen LogP contribution in [-0.2, 0) is 6.54 Å². The number of aromatic nitrogens is 6. The summed E-state index contributed by atoms with van der Waals surface area (Å²) >= 11 is 5.70. The van der Waals surface area contributed by atoms with E-state index in [1.165, 1.54) is 29.3 Å². The molecule has 0 aliphatic rings. The lowest BCUT2D eigenvalue weighted by atomic mass is 10.2. The Kier molecular flexibility index (Phi) is 4.10. The van der Waals surface area contributed by atoms with E-state index in [1.54, 1.807) is 0 Å². The van der Waals surface area contributed by atoms with Crippen molar-refractivity contribution >= 4 is 23.1 Å². The van der Waals surface area contributed by atoms with Crippen LogP contribution in [0.25, 0.3) is 0 Å². The Balaban J connectivity index is 1.84. The summed E-state index contributed by atoms with van der Waals surface area (Å²) in [6.45, 7) is 0.101. The molecule has 0 unspecified atom stereocenters. The van der Waals surface area contributed by atoms with Crippen molar-refractivity contribution in [3.63, 3.8) is 0 Å². The van der Waals surface area contributed by atoms with Crippen LogP contribution in [0.15, 0.2) is 34.3 Å². The van der Waals surface area contributed by atoms with Gasteiger partial charge in [-0.05, 0) is 28.6 Å². The van der Waals surface area contributed by atoms with Crippen molar-refractivity contribution < 1.29 is 14.2 Å². The summed E-state index contributed by atoms with van der Waals surface area (Å²) in [6.07, 6.45) is 1.26. The molecule has 3 aromatic rings. The number of hydrogen-bond donors (Lipinski definition) is 2. The molecule has 10 nitrogen and oxygen atoms in total. The lowest BCUT2D eigenvalue weighted by Crippen LogP contribution is -2.18. The maximum Gasteiger partial charge on any atom is 0.201 e. The van der Waals surface area contributed by atoms with Gasteiger partial charge >= 0.3 is 0 Å². The van der Waals surface area contributed by atoms with Crippen LogP contribution in [0.3, 0.4) is 0 Å². The first-order valence-corrected chi connectivity index (χ1v) is 6.52. The highest BCUT2D eigenvalue weighted by atomic mass is 35.5. The van der Waals surface area contributed by atoms with Gasteiger partial charge in [-0.15, -0.1) is 10.2 Å². The average molecular weight is 339 g/mol. The fourth-order valence-corrected chi connectivity index (χ4v) is 1.91. The number of benzene rings is 1. The SMILES string of the molecule is O/N=C(/Nc1ccc(F)c(Cl)c1)c1nonc1Cn1ncnn1. The molecule has 1 aromatic carbocycles. The Hall–Kier alpha value is -3.08. The normalized spacial score (nSPS) is 11.7. The summed E-state index contributed by atoms with van der Waals surface area (Å²) in [5, 5.41) is 33.4. The molecule has 0 atom stereocenters. The maximum atomic E-state index is 13.2. The number of nitrogens with zero attached hydrogens (tertiary/aromatic N) is 7. The molecule has 0 aliphatic heterocycles. The number of nitrogens with one attached hydrogen (secondary N) is 1. The van der Waals surface area contributed by atoms with Gasteiger partial charge in [0.15, 0.2) is 12.0 Å². The Morgan fingerprint density at radius 1 is 1.43 bits per heavy atom. The van der Waals surface area contributed by atoms with Gasteiger partial charge in [-0.25, -0.2) is 9.02 Å². The molecule has 23 heavy (non-hydrogen) atoms. The summed E-state index contributed by atoms with van der Waals surface area (Å²) < 4.78 is 17.8. The third kappa shape index (κ3) is 3.23. The third-order valence-electron chi connectivity index (χ3n) is 2.75. The van der Waals surface area contributed by atoms with Crippen molar-refractivity contribution in [2.75, 3.05) is 5.32 Å². The van der Waals surface area contributed by atoms with Crippen molar-refractivity contribution in [3.05, 3.63) is 46.8 Å². The monoisotopic (exact) mass is 338 g/mol. The maximum absolute atomic E-state index is 13.2. The highest BCUT2D eigenvalue weighted by molar-refractivity contribution is 6.31. The second-order valence-corrected chi connectivity index (χ2v) is 4.64. The molecule has 0 amide bonds. The zero-order valence-electron chi connectivity index (χ0n) is 11.3. The van der Waals surface area contributed by atoms with Gasteiger partial charge in [0, 0.05) is 5.69 Å². The van der Waals surface area contributed by atoms with E-state index < -0.39 is 5.82 Å².